The molecular formula is C21H18Cl2N6O3S. The minimum atomic E-state index is -2.94. The molecule has 0 spiro atoms. The molecule has 1 amide bonds. The number of halogens is 2. The first-order valence-corrected chi connectivity index (χ1v) is 12.3. The van der Waals surface area contributed by atoms with Crippen molar-refractivity contribution in [3.63, 3.8) is 0 Å². The highest BCUT2D eigenvalue weighted by molar-refractivity contribution is 7.91. The van der Waals surface area contributed by atoms with E-state index < -0.39 is 21.7 Å². The number of benzene rings is 1. The molecule has 0 fully saturated rings. The normalized spacial score (nSPS) is 13.9. The molecule has 2 unspecified atom stereocenters. The van der Waals surface area contributed by atoms with Crippen LogP contribution in [0.4, 0.5) is 5.69 Å². The zero-order valence-corrected chi connectivity index (χ0v) is 19.8. The van der Waals surface area contributed by atoms with Gasteiger partial charge in [0.2, 0.25) is 0 Å². The first-order valence-electron chi connectivity index (χ1n) is 9.58. The fraction of sp³-hybridized carbons (Fsp3) is 0.143. The lowest BCUT2D eigenvalue weighted by Crippen LogP contribution is -2.13. The SMILES string of the molecule is CC(Oc1ccc2[nH]nc(C(=O)Nc3ccc(S(C)(=N)=O)nc3)c2c1)c1c(Cl)cncc1Cl. The molecule has 0 aliphatic carbocycles. The number of nitrogens with zero attached hydrogens (tertiary/aromatic N) is 3. The zero-order valence-electron chi connectivity index (χ0n) is 17.4. The van der Waals surface area contributed by atoms with Gasteiger partial charge < -0.3 is 10.1 Å². The number of aromatic amines is 1. The van der Waals surface area contributed by atoms with Crippen LogP contribution in [0.25, 0.3) is 10.9 Å². The van der Waals surface area contributed by atoms with Crippen LogP contribution in [0.15, 0.2) is 53.9 Å². The van der Waals surface area contributed by atoms with Crippen molar-refractivity contribution in [3.05, 3.63) is 70.2 Å². The highest BCUT2D eigenvalue weighted by atomic mass is 35.5. The Labute approximate surface area is 199 Å². The molecule has 3 aromatic heterocycles. The van der Waals surface area contributed by atoms with Crippen molar-refractivity contribution in [3.8, 4) is 5.75 Å². The van der Waals surface area contributed by atoms with E-state index in [4.69, 9.17) is 32.7 Å². The summed E-state index contributed by atoms with van der Waals surface area (Å²) in [5.41, 5.74) is 1.80. The zero-order chi connectivity index (χ0) is 23.8. The van der Waals surface area contributed by atoms with Crippen molar-refractivity contribution in [2.75, 3.05) is 11.6 Å². The van der Waals surface area contributed by atoms with Crippen LogP contribution in [-0.2, 0) is 9.73 Å². The molecule has 4 rings (SSSR count). The standard InChI is InChI=1S/C21H18Cl2N6O3S/c1-11(19-15(22)9-25-10-16(19)23)32-13-4-5-17-14(7-13)20(29-28-17)21(30)27-12-3-6-18(26-8-12)33(2,24)31/h3-11,24H,1-2H3,(H,27,30)(H,28,29). The topological polar surface area (TPSA) is 134 Å². The number of H-pyrrole nitrogens is 1. The molecule has 0 saturated heterocycles. The van der Waals surface area contributed by atoms with E-state index in [1.807, 2.05) is 6.92 Å². The molecule has 0 aliphatic rings. The lowest BCUT2D eigenvalue weighted by Gasteiger charge is -2.17. The average molecular weight is 505 g/mol. The molecule has 0 saturated carbocycles. The van der Waals surface area contributed by atoms with Gasteiger partial charge in [0.25, 0.3) is 5.91 Å². The van der Waals surface area contributed by atoms with Crippen molar-refractivity contribution < 1.29 is 13.7 Å². The molecule has 0 bridgehead atoms. The van der Waals surface area contributed by atoms with Crippen LogP contribution in [0.1, 0.15) is 29.1 Å². The van der Waals surface area contributed by atoms with Gasteiger partial charge in [0.1, 0.15) is 16.9 Å². The molecule has 170 valence electrons. The number of ether oxygens (including phenoxy) is 1. The molecule has 0 aliphatic heterocycles. The summed E-state index contributed by atoms with van der Waals surface area (Å²) in [5.74, 6) is 0.0258. The Morgan fingerprint density at radius 2 is 1.91 bits per heavy atom. The maximum absolute atomic E-state index is 12.8. The first kappa shape index (κ1) is 23.0. The molecule has 9 nitrogen and oxygen atoms in total. The molecule has 3 heterocycles. The van der Waals surface area contributed by atoms with E-state index in [0.29, 0.717) is 37.9 Å². The maximum Gasteiger partial charge on any atom is 0.276 e. The number of aromatic nitrogens is 4. The van der Waals surface area contributed by atoms with Crippen LogP contribution in [0.3, 0.4) is 0 Å². The van der Waals surface area contributed by atoms with Gasteiger partial charge in [-0.2, -0.15) is 5.10 Å². The van der Waals surface area contributed by atoms with Crippen molar-refractivity contribution in [2.45, 2.75) is 18.1 Å². The third kappa shape index (κ3) is 4.92. The molecular weight excluding hydrogens is 487 g/mol. The lowest BCUT2D eigenvalue weighted by molar-refractivity contribution is 0.102. The Bertz CT molecular complexity index is 1430. The van der Waals surface area contributed by atoms with Gasteiger partial charge >= 0.3 is 0 Å². The molecule has 2 atom stereocenters. The van der Waals surface area contributed by atoms with Gasteiger partial charge in [0, 0.05) is 29.6 Å². The van der Waals surface area contributed by atoms with Crippen LogP contribution in [0.5, 0.6) is 5.75 Å². The monoisotopic (exact) mass is 504 g/mol. The van der Waals surface area contributed by atoms with Crippen molar-refractivity contribution in [1.82, 2.24) is 20.2 Å². The van der Waals surface area contributed by atoms with Gasteiger partial charge in [-0.3, -0.25) is 14.9 Å². The van der Waals surface area contributed by atoms with Crippen molar-refractivity contribution >= 4 is 55.4 Å². The minimum Gasteiger partial charge on any atom is -0.486 e. The maximum atomic E-state index is 12.8. The fourth-order valence-corrected chi connectivity index (χ4v) is 4.44. The summed E-state index contributed by atoms with van der Waals surface area (Å²) >= 11 is 12.4. The second kappa shape index (κ2) is 8.97. The smallest absolute Gasteiger partial charge is 0.276 e. The van der Waals surface area contributed by atoms with E-state index in [0.717, 1.165) is 0 Å². The molecule has 0 radical (unpaired) electrons. The summed E-state index contributed by atoms with van der Waals surface area (Å²) in [6.07, 6.45) is 5.15. The summed E-state index contributed by atoms with van der Waals surface area (Å²) in [5, 5.41) is 11.1. The largest absolute Gasteiger partial charge is 0.486 e. The van der Waals surface area contributed by atoms with Gasteiger partial charge in [-0.05, 0) is 37.3 Å². The highest BCUT2D eigenvalue weighted by Crippen LogP contribution is 2.33. The summed E-state index contributed by atoms with van der Waals surface area (Å²) in [7, 11) is -2.94. The van der Waals surface area contributed by atoms with Gasteiger partial charge in [-0.15, -0.1) is 0 Å². The highest BCUT2D eigenvalue weighted by Gasteiger charge is 2.19. The number of carbonyl (C=O) groups excluding carboxylic acids is 1. The Kier molecular flexibility index (Phi) is 6.24. The van der Waals surface area contributed by atoms with Crippen LogP contribution < -0.4 is 10.1 Å². The Hall–Kier alpha value is -3.21. The summed E-state index contributed by atoms with van der Waals surface area (Å²) in [4.78, 5) is 20.7. The van der Waals surface area contributed by atoms with Crippen molar-refractivity contribution in [1.29, 1.82) is 4.78 Å². The Morgan fingerprint density at radius 3 is 2.55 bits per heavy atom. The number of hydrogen-bond donors (Lipinski definition) is 3. The van der Waals surface area contributed by atoms with E-state index in [1.165, 1.54) is 37.0 Å². The van der Waals surface area contributed by atoms with E-state index >= 15 is 0 Å². The lowest BCUT2D eigenvalue weighted by atomic mass is 10.1. The number of fused-ring (bicyclic) bond motifs is 1. The average Bonchev–Trinajstić information content (AvgIpc) is 3.17. The molecule has 12 heteroatoms. The number of carbonyl (C=O) groups is 1. The van der Waals surface area contributed by atoms with Gasteiger partial charge in [-0.25, -0.2) is 14.0 Å². The predicted octanol–water partition coefficient (Wildman–Crippen LogP) is 5.09. The number of anilines is 1. The van der Waals surface area contributed by atoms with Crippen LogP contribution in [0.2, 0.25) is 10.0 Å². The third-order valence-corrected chi connectivity index (χ3v) is 6.39. The quantitative estimate of drug-likeness (QED) is 0.334. The predicted molar refractivity (Wildman–Crippen MR) is 127 cm³/mol. The molecule has 4 aromatic rings. The number of hydrogen-bond acceptors (Lipinski definition) is 7. The summed E-state index contributed by atoms with van der Waals surface area (Å²) in [6, 6.07) is 8.16. The van der Waals surface area contributed by atoms with Gasteiger partial charge in [0.05, 0.1) is 37.2 Å². The molecule has 33 heavy (non-hydrogen) atoms. The fourth-order valence-electron chi connectivity index (χ4n) is 3.19. The van der Waals surface area contributed by atoms with Crippen molar-refractivity contribution in [2.24, 2.45) is 0 Å². The van der Waals surface area contributed by atoms with E-state index in [2.05, 4.69) is 25.5 Å². The first-order chi connectivity index (χ1) is 15.6. The second-order valence-corrected chi connectivity index (χ2v) is 10.2. The Balaban J connectivity index is 1.57. The number of pyridine rings is 2. The second-order valence-electron chi connectivity index (χ2n) is 7.24. The minimum absolute atomic E-state index is 0.135. The van der Waals surface area contributed by atoms with Gasteiger partial charge in [0.15, 0.2) is 5.69 Å². The third-order valence-electron chi connectivity index (χ3n) is 4.75. The van der Waals surface area contributed by atoms with Crippen LogP contribution in [0, 0.1) is 4.78 Å². The number of amides is 1. The van der Waals surface area contributed by atoms with Crippen LogP contribution >= 0.6 is 23.2 Å². The van der Waals surface area contributed by atoms with Gasteiger partial charge in [-0.1, -0.05) is 23.2 Å². The van der Waals surface area contributed by atoms with Crippen LogP contribution in [-0.4, -0.2) is 36.5 Å². The molecule has 3 N–H and O–H groups in total. The summed E-state index contributed by atoms with van der Waals surface area (Å²) in [6.45, 7) is 1.81. The Morgan fingerprint density at radius 1 is 1.18 bits per heavy atom. The number of rotatable bonds is 6. The van der Waals surface area contributed by atoms with E-state index in [1.54, 1.807) is 18.2 Å². The summed E-state index contributed by atoms with van der Waals surface area (Å²) < 4.78 is 25.3. The molecule has 1 aromatic carbocycles. The number of nitrogens with one attached hydrogen (secondary N) is 3. The van der Waals surface area contributed by atoms with E-state index in [9.17, 15) is 9.00 Å². The van der Waals surface area contributed by atoms with E-state index in [-0.39, 0.29) is 10.7 Å².